The molecule has 0 fully saturated rings. The highest BCUT2D eigenvalue weighted by Crippen LogP contribution is 2.25. The summed E-state index contributed by atoms with van der Waals surface area (Å²) < 4.78 is 3.85. The molecule has 1 unspecified atom stereocenters. The van der Waals surface area contributed by atoms with Gasteiger partial charge in [-0.2, -0.15) is 5.10 Å². The molecule has 0 aliphatic heterocycles. The molecule has 98 valence electrons. The number of aromatic nitrogens is 5. The molecular formula is C12H20N6. The van der Waals surface area contributed by atoms with E-state index in [0.717, 1.165) is 23.5 Å². The smallest absolute Gasteiger partial charge is 0.111 e. The molecule has 1 atom stereocenters. The van der Waals surface area contributed by atoms with Crippen molar-refractivity contribution in [1.82, 2.24) is 30.1 Å². The molecule has 2 aromatic heterocycles. The van der Waals surface area contributed by atoms with E-state index in [0.29, 0.717) is 12.6 Å². The van der Waals surface area contributed by atoms with Crippen LogP contribution in [-0.4, -0.2) is 31.8 Å². The van der Waals surface area contributed by atoms with Crippen molar-refractivity contribution in [2.45, 2.75) is 32.9 Å². The van der Waals surface area contributed by atoms with Gasteiger partial charge in [-0.25, -0.2) is 4.68 Å². The summed E-state index contributed by atoms with van der Waals surface area (Å²) in [6.07, 6.45) is 2.82. The van der Waals surface area contributed by atoms with Gasteiger partial charge >= 0.3 is 0 Å². The van der Waals surface area contributed by atoms with Gasteiger partial charge < -0.3 is 5.32 Å². The van der Waals surface area contributed by atoms with Gasteiger partial charge in [0, 0.05) is 19.8 Å². The monoisotopic (exact) mass is 248 g/mol. The maximum Gasteiger partial charge on any atom is 0.111 e. The highest BCUT2D eigenvalue weighted by Gasteiger charge is 2.19. The minimum absolute atomic E-state index is 0.327. The van der Waals surface area contributed by atoms with Gasteiger partial charge in [-0.05, 0) is 26.5 Å². The largest absolute Gasteiger partial charge is 0.314 e. The van der Waals surface area contributed by atoms with Crippen LogP contribution in [0.15, 0.2) is 12.3 Å². The normalized spacial score (nSPS) is 12.9. The fraction of sp³-hybridized carbons (Fsp3) is 0.583. The maximum absolute atomic E-state index is 4.29. The predicted octanol–water partition coefficient (Wildman–Crippen LogP) is 1.37. The second-order valence-corrected chi connectivity index (χ2v) is 4.46. The molecule has 2 rings (SSSR count). The van der Waals surface area contributed by atoms with Crippen molar-refractivity contribution in [3.63, 3.8) is 0 Å². The van der Waals surface area contributed by atoms with Crippen LogP contribution in [0.2, 0.25) is 0 Å². The highest BCUT2D eigenvalue weighted by molar-refractivity contribution is 5.57. The number of nitrogens with one attached hydrogen (secondary N) is 1. The van der Waals surface area contributed by atoms with Gasteiger partial charge in [0.25, 0.3) is 0 Å². The molecule has 0 aromatic carbocycles. The summed E-state index contributed by atoms with van der Waals surface area (Å²) in [6.45, 7) is 5.01. The SMILES string of the molecule is CCC(C)n1nnc(CNC)c1-c1ccnn1C. The molecule has 0 radical (unpaired) electrons. The van der Waals surface area contributed by atoms with Crippen molar-refractivity contribution in [3.05, 3.63) is 18.0 Å². The Labute approximate surface area is 107 Å². The van der Waals surface area contributed by atoms with Crippen LogP contribution in [0.4, 0.5) is 0 Å². The molecular weight excluding hydrogens is 228 g/mol. The number of hydrogen-bond acceptors (Lipinski definition) is 4. The van der Waals surface area contributed by atoms with E-state index in [2.05, 4.69) is 34.6 Å². The summed E-state index contributed by atoms with van der Waals surface area (Å²) in [6, 6.07) is 2.32. The fourth-order valence-corrected chi connectivity index (χ4v) is 1.97. The molecule has 6 nitrogen and oxygen atoms in total. The van der Waals surface area contributed by atoms with Gasteiger partial charge in [-0.15, -0.1) is 5.10 Å². The quantitative estimate of drug-likeness (QED) is 0.868. The summed E-state index contributed by atoms with van der Waals surface area (Å²) in [7, 11) is 3.85. The zero-order valence-corrected chi connectivity index (χ0v) is 11.4. The molecule has 0 aliphatic carbocycles. The average molecular weight is 248 g/mol. The Bertz CT molecular complexity index is 512. The summed E-state index contributed by atoms with van der Waals surface area (Å²) >= 11 is 0. The Morgan fingerprint density at radius 2 is 2.22 bits per heavy atom. The van der Waals surface area contributed by atoms with Crippen molar-refractivity contribution in [1.29, 1.82) is 0 Å². The van der Waals surface area contributed by atoms with Gasteiger partial charge in [0.1, 0.15) is 11.4 Å². The van der Waals surface area contributed by atoms with Crippen LogP contribution in [0.3, 0.4) is 0 Å². The number of hydrogen-bond donors (Lipinski definition) is 1. The van der Waals surface area contributed by atoms with E-state index >= 15 is 0 Å². The number of nitrogens with zero attached hydrogens (tertiary/aromatic N) is 5. The highest BCUT2D eigenvalue weighted by atomic mass is 15.5. The van der Waals surface area contributed by atoms with Crippen LogP contribution in [0, 0.1) is 0 Å². The average Bonchev–Trinajstić information content (AvgIpc) is 2.95. The predicted molar refractivity (Wildman–Crippen MR) is 70.0 cm³/mol. The van der Waals surface area contributed by atoms with Crippen molar-refractivity contribution >= 4 is 0 Å². The Morgan fingerprint density at radius 1 is 1.44 bits per heavy atom. The van der Waals surface area contributed by atoms with Gasteiger partial charge in [-0.3, -0.25) is 4.68 Å². The Morgan fingerprint density at radius 3 is 2.78 bits per heavy atom. The van der Waals surface area contributed by atoms with Crippen LogP contribution in [0.1, 0.15) is 32.0 Å². The minimum atomic E-state index is 0.327. The van der Waals surface area contributed by atoms with Gasteiger partial charge in [0.2, 0.25) is 0 Å². The van der Waals surface area contributed by atoms with Crippen LogP contribution in [0.5, 0.6) is 0 Å². The van der Waals surface area contributed by atoms with Crippen molar-refractivity contribution in [3.8, 4) is 11.4 Å². The molecule has 0 spiro atoms. The molecule has 0 bridgehead atoms. The van der Waals surface area contributed by atoms with Crippen molar-refractivity contribution < 1.29 is 0 Å². The van der Waals surface area contributed by atoms with E-state index in [4.69, 9.17) is 0 Å². The van der Waals surface area contributed by atoms with Gasteiger partial charge in [0.15, 0.2) is 0 Å². The minimum Gasteiger partial charge on any atom is -0.314 e. The maximum atomic E-state index is 4.29. The lowest BCUT2D eigenvalue weighted by molar-refractivity contribution is 0.467. The van der Waals surface area contributed by atoms with Crippen LogP contribution >= 0.6 is 0 Å². The zero-order chi connectivity index (χ0) is 13.1. The molecule has 0 saturated heterocycles. The lowest BCUT2D eigenvalue weighted by atomic mass is 10.2. The first-order chi connectivity index (χ1) is 8.69. The van der Waals surface area contributed by atoms with E-state index in [1.165, 1.54) is 0 Å². The summed E-state index contributed by atoms with van der Waals surface area (Å²) in [4.78, 5) is 0. The number of aryl methyl sites for hydroxylation is 1. The van der Waals surface area contributed by atoms with Crippen LogP contribution < -0.4 is 5.32 Å². The number of rotatable bonds is 5. The molecule has 0 aliphatic rings. The van der Waals surface area contributed by atoms with Gasteiger partial charge in [-0.1, -0.05) is 12.1 Å². The van der Waals surface area contributed by atoms with Crippen molar-refractivity contribution in [2.75, 3.05) is 7.05 Å². The molecule has 2 aromatic rings. The second kappa shape index (κ2) is 5.30. The standard InChI is InChI=1S/C12H20N6/c1-5-9(2)18-12(10(8-13-3)15-16-18)11-6-7-14-17(11)4/h6-7,9,13H,5,8H2,1-4H3. The topological polar surface area (TPSA) is 60.6 Å². The molecule has 6 heteroatoms. The first-order valence-electron chi connectivity index (χ1n) is 6.26. The Balaban J connectivity index is 2.54. The van der Waals surface area contributed by atoms with Crippen LogP contribution in [0.25, 0.3) is 11.4 Å². The van der Waals surface area contributed by atoms with E-state index in [-0.39, 0.29) is 0 Å². The van der Waals surface area contributed by atoms with Gasteiger partial charge in [0.05, 0.1) is 11.7 Å². The molecule has 1 N–H and O–H groups in total. The lowest BCUT2D eigenvalue weighted by Gasteiger charge is -2.13. The van der Waals surface area contributed by atoms with E-state index < -0.39 is 0 Å². The molecule has 0 saturated carbocycles. The summed E-state index contributed by atoms with van der Waals surface area (Å²) in [5.41, 5.74) is 3.06. The molecule has 18 heavy (non-hydrogen) atoms. The van der Waals surface area contributed by atoms with E-state index in [1.807, 2.05) is 29.5 Å². The summed E-state index contributed by atoms with van der Waals surface area (Å²) in [5.74, 6) is 0. The molecule has 2 heterocycles. The third-order valence-electron chi connectivity index (χ3n) is 3.18. The lowest BCUT2D eigenvalue weighted by Crippen LogP contribution is -2.12. The third kappa shape index (κ3) is 2.15. The van der Waals surface area contributed by atoms with E-state index in [1.54, 1.807) is 6.20 Å². The van der Waals surface area contributed by atoms with Crippen LogP contribution in [-0.2, 0) is 13.6 Å². The second-order valence-electron chi connectivity index (χ2n) is 4.46. The Hall–Kier alpha value is -1.69. The van der Waals surface area contributed by atoms with Crippen molar-refractivity contribution in [2.24, 2.45) is 7.05 Å². The first-order valence-corrected chi connectivity index (χ1v) is 6.26. The molecule has 0 amide bonds. The fourth-order valence-electron chi connectivity index (χ4n) is 1.97. The first kappa shape index (κ1) is 12.8. The zero-order valence-electron chi connectivity index (χ0n) is 11.4. The Kier molecular flexibility index (Phi) is 3.76. The summed E-state index contributed by atoms with van der Waals surface area (Å²) in [5, 5.41) is 15.9. The third-order valence-corrected chi connectivity index (χ3v) is 3.18. The van der Waals surface area contributed by atoms with E-state index in [9.17, 15) is 0 Å².